The van der Waals surface area contributed by atoms with Crippen LogP contribution in [0.25, 0.3) is 50.1 Å². The van der Waals surface area contributed by atoms with E-state index in [1.165, 1.54) is 44.4 Å². The molecule has 0 spiro atoms. The van der Waals surface area contributed by atoms with Crippen LogP contribution in [0.2, 0.25) is 0 Å². The zero-order chi connectivity index (χ0) is 38.6. The van der Waals surface area contributed by atoms with Gasteiger partial charge in [-0.2, -0.15) is 0 Å². The molecule has 5 nitrogen and oxygen atoms in total. The molecule has 11 rings (SSSR count). The number of nitrogens with one attached hydrogen (secondary N) is 1. The summed E-state index contributed by atoms with van der Waals surface area (Å²) in [6, 6.07) is 76.1. The molecular weight excluding hydrogens is 707 g/mol. The smallest absolute Gasteiger partial charge is 0.0906 e. The predicted molar refractivity (Wildman–Crippen MR) is 238 cm³/mol. The van der Waals surface area contributed by atoms with Crippen LogP contribution < -0.4 is 16.0 Å². The maximum Gasteiger partial charge on any atom is 0.0906 e. The van der Waals surface area contributed by atoms with Gasteiger partial charge in [-0.15, -0.1) is 0 Å². The van der Waals surface area contributed by atoms with Gasteiger partial charge in [-0.25, -0.2) is 4.90 Å². The van der Waals surface area contributed by atoms with Crippen molar-refractivity contribution in [3.8, 4) is 39.2 Å². The van der Waals surface area contributed by atoms with Gasteiger partial charge in [0.25, 0.3) is 0 Å². The highest BCUT2D eigenvalue weighted by molar-refractivity contribution is 6.13. The van der Waals surface area contributed by atoms with Crippen LogP contribution >= 0.6 is 0 Å². The molecule has 1 aromatic heterocycles. The van der Waals surface area contributed by atoms with Crippen molar-refractivity contribution in [3.05, 3.63) is 229 Å². The molecule has 2 aliphatic heterocycles. The second kappa shape index (κ2) is 14.2. The average Bonchev–Trinajstić information content (AvgIpc) is 3.56. The van der Waals surface area contributed by atoms with E-state index in [-0.39, 0.29) is 18.5 Å². The summed E-state index contributed by atoms with van der Waals surface area (Å²) in [5.74, 6) is 0. The Hall–Kier alpha value is -7.02. The van der Waals surface area contributed by atoms with Crippen molar-refractivity contribution in [2.45, 2.75) is 18.5 Å². The van der Waals surface area contributed by atoms with E-state index < -0.39 is 0 Å². The summed E-state index contributed by atoms with van der Waals surface area (Å²) in [4.78, 5) is 4.82. The third-order valence-electron chi connectivity index (χ3n) is 11.8. The molecule has 0 amide bonds. The first-order valence-electron chi connectivity index (χ1n) is 20.0. The number of benzene rings is 8. The Morgan fingerprint density at radius 3 is 1.71 bits per heavy atom. The van der Waals surface area contributed by atoms with Gasteiger partial charge in [-0.1, -0.05) is 164 Å². The second-order valence-corrected chi connectivity index (χ2v) is 15.1. The van der Waals surface area contributed by atoms with Gasteiger partial charge >= 0.3 is 0 Å². The number of para-hydroxylation sites is 4. The fourth-order valence-corrected chi connectivity index (χ4v) is 9.19. The molecule has 278 valence electrons. The Balaban J connectivity index is 1.02. The summed E-state index contributed by atoms with van der Waals surface area (Å²) >= 11 is 0. The predicted octanol–water partition coefficient (Wildman–Crippen LogP) is 12.7. The van der Waals surface area contributed by atoms with Gasteiger partial charge in [0.15, 0.2) is 0 Å². The number of aromatic nitrogens is 1. The van der Waals surface area contributed by atoms with Crippen molar-refractivity contribution in [1.29, 1.82) is 0 Å². The highest BCUT2D eigenvalue weighted by Crippen LogP contribution is 2.54. The van der Waals surface area contributed by atoms with Gasteiger partial charge in [0.2, 0.25) is 0 Å². The van der Waals surface area contributed by atoms with Gasteiger partial charge in [-0.05, 0) is 76.3 Å². The van der Waals surface area contributed by atoms with Crippen molar-refractivity contribution in [2.24, 2.45) is 5.73 Å². The van der Waals surface area contributed by atoms with Crippen molar-refractivity contribution in [1.82, 2.24) is 14.8 Å². The topological polar surface area (TPSA) is 49.5 Å². The lowest BCUT2D eigenvalue weighted by atomic mass is 9.96. The van der Waals surface area contributed by atoms with Crippen LogP contribution in [-0.4, -0.2) is 9.47 Å². The molecule has 0 aliphatic carbocycles. The van der Waals surface area contributed by atoms with E-state index >= 15 is 0 Å². The second-order valence-electron chi connectivity index (χ2n) is 15.1. The lowest BCUT2D eigenvalue weighted by Gasteiger charge is -2.53. The van der Waals surface area contributed by atoms with E-state index in [1.807, 2.05) is 0 Å². The lowest BCUT2D eigenvalue weighted by molar-refractivity contribution is -0.0687. The van der Waals surface area contributed by atoms with Crippen molar-refractivity contribution >= 4 is 28.0 Å². The summed E-state index contributed by atoms with van der Waals surface area (Å²) < 4.78 is 2.44. The molecule has 58 heavy (non-hydrogen) atoms. The first-order chi connectivity index (χ1) is 28.7. The fraction of sp³-hybridized carbons (Fsp3) is 0.0566. The lowest BCUT2D eigenvalue weighted by Crippen LogP contribution is -2.60. The summed E-state index contributed by atoms with van der Waals surface area (Å²) in [6.07, 6.45) is -0.346. The third kappa shape index (κ3) is 5.59. The number of anilines is 3. The van der Waals surface area contributed by atoms with Crippen molar-refractivity contribution < 1.29 is 0 Å². The van der Waals surface area contributed by atoms with Crippen LogP contribution in [0.1, 0.15) is 35.2 Å². The van der Waals surface area contributed by atoms with E-state index in [4.69, 9.17) is 5.73 Å². The molecule has 2 unspecified atom stereocenters. The van der Waals surface area contributed by atoms with E-state index in [2.05, 4.69) is 232 Å². The van der Waals surface area contributed by atoms with Gasteiger partial charge in [-0.3, -0.25) is 5.32 Å². The Labute approximate surface area is 338 Å². The number of fused-ring (bicyclic) bond motifs is 7. The number of hydrogen-bond acceptors (Lipinski definition) is 4. The molecule has 3 atom stereocenters. The van der Waals surface area contributed by atoms with Gasteiger partial charge < -0.3 is 15.2 Å². The summed E-state index contributed by atoms with van der Waals surface area (Å²) in [7, 11) is 0. The van der Waals surface area contributed by atoms with Gasteiger partial charge in [0, 0.05) is 33.5 Å². The molecular formula is C53H41N5. The van der Waals surface area contributed by atoms with Crippen LogP contribution in [0.15, 0.2) is 212 Å². The average molecular weight is 748 g/mol. The molecule has 0 bridgehead atoms. The van der Waals surface area contributed by atoms with Crippen LogP contribution in [0.4, 0.5) is 17.1 Å². The fourth-order valence-electron chi connectivity index (χ4n) is 9.19. The summed E-state index contributed by atoms with van der Waals surface area (Å²) in [5.41, 5.74) is 23.5. The Morgan fingerprint density at radius 1 is 0.466 bits per heavy atom. The molecule has 5 heteroatoms. The summed E-state index contributed by atoms with van der Waals surface area (Å²) in [6.45, 7) is 0. The SMILES string of the molecule is NC(c1cccc(-c2cccc(N3c4ccccc4-c4c(n(-c5ccccc5)c5ccccc45)-c4ccccc43)c2)c1)N1C(c2ccccc2)N[C@H]1c1ccccc1. The number of rotatable bonds is 7. The van der Waals surface area contributed by atoms with E-state index in [9.17, 15) is 0 Å². The van der Waals surface area contributed by atoms with Gasteiger partial charge in [0.05, 0.1) is 41.1 Å². The molecule has 3 N–H and O–H groups in total. The minimum atomic E-state index is -0.340. The van der Waals surface area contributed by atoms with E-state index in [0.717, 1.165) is 39.4 Å². The highest BCUT2D eigenvalue weighted by atomic mass is 15.5. The molecule has 1 saturated heterocycles. The zero-order valence-electron chi connectivity index (χ0n) is 31.9. The van der Waals surface area contributed by atoms with Crippen LogP contribution in [-0.2, 0) is 0 Å². The molecule has 0 radical (unpaired) electrons. The monoisotopic (exact) mass is 747 g/mol. The highest BCUT2D eigenvalue weighted by Gasteiger charge is 2.43. The maximum atomic E-state index is 7.27. The molecule has 2 aliphatic rings. The number of nitrogens with zero attached hydrogens (tertiary/aromatic N) is 3. The van der Waals surface area contributed by atoms with Crippen LogP contribution in [0.5, 0.6) is 0 Å². The molecule has 0 saturated carbocycles. The molecule has 9 aromatic rings. The summed E-state index contributed by atoms with van der Waals surface area (Å²) in [5, 5.41) is 5.02. The minimum absolute atomic E-state index is 0.00317. The number of nitrogens with two attached hydrogens (primary N) is 1. The van der Waals surface area contributed by atoms with Crippen LogP contribution in [0.3, 0.4) is 0 Å². The minimum Gasteiger partial charge on any atom is -0.312 e. The van der Waals surface area contributed by atoms with E-state index in [1.54, 1.807) is 0 Å². The van der Waals surface area contributed by atoms with E-state index in [0.29, 0.717) is 0 Å². The first-order valence-corrected chi connectivity index (χ1v) is 20.0. The van der Waals surface area contributed by atoms with Crippen molar-refractivity contribution in [2.75, 3.05) is 4.90 Å². The molecule has 8 aromatic carbocycles. The van der Waals surface area contributed by atoms with Crippen molar-refractivity contribution in [3.63, 3.8) is 0 Å². The van der Waals surface area contributed by atoms with Crippen LogP contribution in [0, 0.1) is 0 Å². The quantitative estimate of drug-likeness (QED) is 0.170. The third-order valence-corrected chi connectivity index (χ3v) is 11.8. The van der Waals surface area contributed by atoms with Gasteiger partial charge in [0.1, 0.15) is 0 Å². The standard InChI is InChI=1S/C53H41N5/c54-51(58-52(36-18-4-1-5-19-36)55-53(58)37-20-6-2-7-21-37)40-24-16-22-38(34-40)39-23-17-27-42(35-39)56-46-31-13-10-28-43(46)49-44-29-11-14-32-47(44)57(41-25-8-3-9-26-41)50(49)45-30-12-15-33-48(45)56/h1-35,51-53,55H,54H2/t51?,52-,53?/m1/s1. The first kappa shape index (κ1) is 34.2. The normalized spacial score (nSPS) is 16.5. The molecule has 3 heterocycles. The molecule has 1 fully saturated rings. The zero-order valence-corrected chi connectivity index (χ0v) is 31.9. The number of hydrogen-bond donors (Lipinski definition) is 2. The maximum absolute atomic E-state index is 7.27. The Kier molecular flexibility index (Phi) is 8.37. The largest absolute Gasteiger partial charge is 0.312 e. The Bertz CT molecular complexity index is 2870. The Morgan fingerprint density at radius 2 is 1.00 bits per heavy atom.